The SMILES string of the molecule is O=C(CCc1ccccc1)NCc1ccc(C(=O)N2CCN(c3cccc(Cl)c3)CC2)cc1. The van der Waals surface area contributed by atoms with Crippen LogP contribution in [-0.2, 0) is 17.8 Å². The predicted octanol–water partition coefficient (Wildman–Crippen LogP) is 4.55. The molecule has 0 aromatic heterocycles. The number of aryl methyl sites for hydroxylation is 1. The number of carbonyl (C=O) groups excluding carboxylic acids is 2. The molecule has 2 amide bonds. The molecule has 3 aromatic rings. The van der Waals surface area contributed by atoms with Crippen LogP contribution in [0.25, 0.3) is 0 Å². The standard InChI is InChI=1S/C27H28ClN3O2/c28-24-7-4-8-25(19-24)30-15-17-31(18-16-30)27(33)23-12-9-22(10-13-23)20-29-26(32)14-11-21-5-2-1-3-6-21/h1-10,12-13,19H,11,14-18,20H2,(H,29,32). The zero-order chi connectivity index (χ0) is 23.0. The number of carbonyl (C=O) groups is 2. The molecule has 170 valence electrons. The van der Waals surface area contributed by atoms with Crippen LogP contribution < -0.4 is 10.2 Å². The molecule has 3 aromatic carbocycles. The van der Waals surface area contributed by atoms with Gasteiger partial charge in [0, 0.05) is 55.4 Å². The minimum absolute atomic E-state index is 0.0246. The van der Waals surface area contributed by atoms with Crippen LogP contribution >= 0.6 is 11.6 Å². The van der Waals surface area contributed by atoms with Crippen LogP contribution in [-0.4, -0.2) is 42.9 Å². The highest BCUT2D eigenvalue weighted by atomic mass is 35.5. The summed E-state index contributed by atoms with van der Waals surface area (Å²) in [6.07, 6.45) is 1.19. The van der Waals surface area contributed by atoms with E-state index in [4.69, 9.17) is 11.6 Å². The smallest absolute Gasteiger partial charge is 0.253 e. The fourth-order valence-corrected chi connectivity index (χ4v) is 4.16. The topological polar surface area (TPSA) is 52.7 Å². The molecule has 1 aliphatic heterocycles. The first-order valence-corrected chi connectivity index (χ1v) is 11.7. The Bertz CT molecular complexity index is 1080. The van der Waals surface area contributed by atoms with Gasteiger partial charge in [-0.2, -0.15) is 0 Å². The Balaban J connectivity index is 1.23. The van der Waals surface area contributed by atoms with E-state index in [0.717, 1.165) is 41.3 Å². The van der Waals surface area contributed by atoms with Crippen LogP contribution in [0, 0.1) is 0 Å². The number of nitrogens with zero attached hydrogens (tertiary/aromatic N) is 2. The highest BCUT2D eigenvalue weighted by molar-refractivity contribution is 6.30. The van der Waals surface area contributed by atoms with E-state index >= 15 is 0 Å². The van der Waals surface area contributed by atoms with Gasteiger partial charge >= 0.3 is 0 Å². The van der Waals surface area contributed by atoms with Gasteiger partial charge in [0.1, 0.15) is 0 Å². The number of piperazine rings is 1. The number of anilines is 1. The van der Waals surface area contributed by atoms with E-state index in [0.29, 0.717) is 31.6 Å². The van der Waals surface area contributed by atoms with Crippen LogP contribution in [0.2, 0.25) is 5.02 Å². The Morgan fingerprint density at radius 2 is 1.55 bits per heavy atom. The van der Waals surface area contributed by atoms with Gasteiger partial charge in [-0.15, -0.1) is 0 Å². The van der Waals surface area contributed by atoms with Gasteiger partial charge in [0.2, 0.25) is 5.91 Å². The summed E-state index contributed by atoms with van der Waals surface area (Å²) in [5.41, 5.74) is 3.89. The Kier molecular flexibility index (Phi) is 7.63. The highest BCUT2D eigenvalue weighted by Gasteiger charge is 2.22. The molecule has 0 unspecified atom stereocenters. The maximum atomic E-state index is 12.9. The normalized spacial score (nSPS) is 13.6. The van der Waals surface area contributed by atoms with Crippen molar-refractivity contribution in [1.29, 1.82) is 0 Å². The molecule has 0 saturated carbocycles. The van der Waals surface area contributed by atoms with Crippen molar-refractivity contribution >= 4 is 29.1 Å². The largest absolute Gasteiger partial charge is 0.368 e. The molecule has 0 atom stereocenters. The molecular weight excluding hydrogens is 434 g/mol. The van der Waals surface area contributed by atoms with E-state index in [1.54, 1.807) is 0 Å². The third-order valence-corrected chi connectivity index (χ3v) is 6.15. The molecule has 1 fully saturated rings. The van der Waals surface area contributed by atoms with Gasteiger partial charge in [-0.25, -0.2) is 0 Å². The number of nitrogens with one attached hydrogen (secondary N) is 1. The minimum Gasteiger partial charge on any atom is -0.368 e. The van der Waals surface area contributed by atoms with Gasteiger partial charge in [0.25, 0.3) is 5.91 Å². The van der Waals surface area contributed by atoms with Crippen molar-refractivity contribution in [3.05, 3.63) is 101 Å². The maximum Gasteiger partial charge on any atom is 0.253 e. The Morgan fingerprint density at radius 1 is 0.818 bits per heavy atom. The van der Waals surface area contributed by atoms with Gasteiger partial charge in [-0.3, -0.25) is 9.59 Å². The van der Waals surface area contributed by atoms with E-state index in [2.05, 4.69) is 10.2 Å². The third kappa shape index (κ3) is 6.36. The lowest BCUT2D eigenvalue weighted by molar-refractivity contribution is -0.121. The third-order valence-electron chi connectivity index (χ3n) is 5.91. The van der Waals surface area contributed by atoms with Crippen molar-refractivity contribution < 1.29 is 9.59 Å². The van der Waals surface area contributed by atoms with Crippen molar-refractivity contribution in [2.45, 2.75) is 19.4 Å². The summed E-state index contributed by atoms with van der Waals surface area (Å²) >= 11 is 6.10. The number of benzene rings is 3. The van der Waals surface area contributed by atoms with Gasteiger partial charge < -0.3 is 15.1 Å². The van der Waals surface area contributed by atoms with Crippen molar-refractivity contribution in [1.82, 2.24) is 10.2 Å². The Labute approximate surface area is 200 Å². The van der Waals surface area contributed by atoms with Gasteiger partial charge in [0.15, 0.2) is 0 Å². The highest BCUT2D eigenvalue weighted by Crippen LogP contribution is 2.21. The second-order valence-electron chi connectivity index (χ2n) is 8.22. The van der Waals surface area contributed by atoms with Gasteiger partial charge in [0.05, 0.1) is 0 Å². The molecule has 0 aliphatic carbocycles. The fraction of sp³-hybridized carbons (Fsp3) is 0.259. The summed E-state index contributed by atoms with van der Waals surface area (Å²) in [4.78, 5) is 29.2. The minimum atomic E-state index is 0.0246. The quantitative estimate of drug-likeness (QED) is 0.561. The second kappa shape index (κ2) is 11.0. The molecule has 6 heteroatoms. The average molecular weight is 462 g/mol. The molecule has 33 heavy (non-hydrogen) atoms. The van der Waals surface area contributed by atoms with E-state index in [9.17, 15) is 9.59 Å². The molecular formula is C27H28ClN3O2. The first kappa shape index (κ1) is 22.9. The van der Waals surface area contributed by atoms with Crippen LogP contribution in [0.5, 0.6) is 0 Å². The summed E-state index contributed by atoms with van der Waals surface area (Å²) in [6.45, 7) is 3.36. The number of hydrogen-bond donors (Lipinski definition) is 1. The lowest BCUT2D eigenvalue weighted by Gasteiger charge is -2.36. The zero-order valence-electron chi connectivity index (χ0n) is 18.5. The first-order chi connectivity index (χ1) is 16.1. The number of halogens is 1. The Hall–Kier alpha value is -3.31. The molecule has 0 radical (unpaired) electrons. The van der Waals surface area contributed by atoms with Gasteiger partial charge in [-0.05, 0) is 47.9 Å². The molecule has 1 aliphatic rings. The maximum absolute atomic E-state index is 12.9. The van der Waals surface area contributed by atoms with Crippen LogP contribution in [0.3, 0.4) is 0 Å². The average Bonchev–Trinajstić information content (AvgIpc) is 2.87. The monoisotopic (exact) mass is 461 g/mol. The van der Waals surface area contributed by atoms with Crippen molar-refractivity contribution in [2.24, 2.45) is 0 Å². The van der Waals surface area contributed by atoms with E-state index in [-0.39, 0.29) is 11.8 Å². The number of amides is 2. The van der Waals surface area contributed by atoms with Crippen molar-refractivity contribution in [3.63, 3.8) is 0 Å². The van der Waals surface area contributed by atoms with E-state index in [1.165, 1.54) is 0 Å². The molecule has 1 saturated heterocycles. The predicted molar refractivity (Wildman–Crippen MR) is 133 cm³/mol. The molecule has 5 nitrogen and oxygen atoms in total. The van der Waals surface area contributed by atoms with Gasteiger partial charge in [-0.1, -0.05) is 60.1 Å². The summed E-state index contributed by atoms with van der Waals surface area (Å²) in [6, 6.07) is 25.3. The number of rotatable bonds is 7. The summed E-state index contributed by atoms with van der Waals surface area (Å²) < 4.78 is 0. The summed E-state index contributed by atoms with van der Waals surface area (Å²) in [7, 11) is 0. The molecule has 1 heterocycles. The van der Waals surface area contributed by atoms with Crippen LogP contribution in [0.4, 0.5) is 5.69 Å². The molecule has 4 rings (SSSR count). The summed E-state index contributed by atoms with van der Waals surface area (Å²) in [5.74, 6) is 0.0655. The van der Waals surface area contributed by atoms with Crippen molar-refractivity contribution in [2.75, 3.05) is 31.1 Å². The van der Waals surface area contributed by atoms with Crippen LogP contribution in [0.1, 0.15) is 27.9 Å². The van der Waals surface area contributed by atoms with Crippen LogP contribution in [0.15, 0.2) is 78.9 Å². The lowest BCUT2D eigenvalue weighted by atomic mass is 10.1. The lowest BCUT2D eigenvalue weighted by Crippen LogP contribution is -2.48. The molecule has 0 bridgehead atoms. The first-order valence-electron chi connectivity index (χ1n) is 11.3. The fourth-order valence-electron chi connectivity index (χ4n) is 3.98. The summed E-state index contributed by atoms with van der Waals surface area (Å²) in [5, 5.41) is 3.68. The van der Waals surface area contributed by atoms with Crippen molar-refractivity contribution in [3.8, 4) is 0 Å². The van der Waals surface area contributed by atoms with E-state index in [1.807, 2.05) is 83.8 Å². The second-order valence-corrected chi connectivity index (χ2v) is 8.65. The molecule has 1 N–H and O–H groups in total. The number of hydrogen-bond acceptors (Lipinski definition) is 3. The Morgan fingerprint density at radius 3 is 2.24 bits per heavy atom. The van der Waals surface area contributed by atoms with E-state index < -0.39 is 0 Å². The molecule has 0 spiro atoms. The zero-order valence-corrected chi connectivity index (χ0v) is 19.3.